The zero-order chi connectivity index (χ0) is 13.7. The van der Waals surface area contributed by atoms with Crippen molar-refractivity contribution in [3.05, 3.63) is 28.7 Å². The fraction of sp³-hybridized carbons (Fsp3) is 0.364. The first-order valence-corrected chi connectivity index (χ1v) is 6.07. The van der Waals surface area contributed by atoms with E-state index in [9.17, 15) is 9.59 Å². The summed E-state index contributed by atoms with van der Waals surface area (Å²) in [5, 5.41) is 11.3. The summed E-state index contributed by atoms with van der Waals surface area (Å²) >= 11 is 1.43. The molecule has 0 aromatic carbocycles. The Balaban J connectivity index is 2.58. The van der Waals surface area contributed by atoms with E-state index < -0.39 is 18.0 Å². The Labute approximate surface area is 109 Å². The lowest BCUT2D eigenvalue weighted by atomic mass is 10.1. The van der Waals surface area contributed by atoms with Gasteiger partial charge in [0, 0.05) is 18.1 Å². The number of nitrogens with one attached hydrogen (secondary N) is 1. The highest BCUT2D eigenvalue weighted by Gasteiger charge is 2.22. The maximum Gasteiger partial charge on any atom is 0.330 e. The van der Waals surface area contributed by atoms with Crippen molar-refractivity contribution in [3.8, 4) is 0 Å². The molecule has 0 aliphatic rings. The molecule has 7 heteroatoms. The minimum absolute atomic E-state index is 0.377. The van der Waals surface area contributed by atoms with Gasteiger partial charge in [0.15, 0.2) is 0 Å². The third-order valence-electron chi connectivity index (χ3n) is 2.23. The van der Waals surface area contributed by atoms with Gasteiger partial charge in [-0.1, -0.05) is 6.58 Å². The molecule has 98 valence electrons. The lowest BCUT2D eigenvalue weighted by molar-refractivity contribution is -0.138. The molecular weight excluding hydrogens is 254 g/mol. The summed E-state index contributed by atoms with van der Waals surface area (Å²) in [4.78, 5) is 28.9. The van der Waals surface area contributed by atoms with Gasteiger partial charge in [-0.15, -0.1) is 11.3 Å². The van der Waals surface area contributed by atoms with Gasteiger partial charge in [0.1, 0.15) is 6.04 Å². The number of carboxylic acid groups (broad SMARTS) is 1. The molecule has 1 aromatic heterocycles. The van der Waals surface area contributed by atoms with Gasteiger partial charge in [-0.2, -0.15) is 0 Å². The van der Waals surface area contributed by atoms with Crippen molar-refractivity contribution < 1.29 is 14.7 Å². The minimum atomic E-state index is -1.12. The highest BCUT2D eigenvalue weighted by atomic mass is 32.1. The summed E-state index contributed by atoms with van der Waals surface area (Å²) < 4.78 is 0. The van der Waals surface area contributed by atoms with E-state index in [-0.39, 0.29) is 0 Å². The van der Waals surface area contributed by atoms with E-state index in [1.54, 1.807) is 25.7 Å². The third kappa shape index (κ3) is 3.85. The van der Waals surface area contributed by atoms with Crippen LogP contribution in [0.2, 0.25) is 0 Å². The van der Waals surface area contributed by atoms with E-state index in [1.165, 1.54) is 16.2 Å². The largest absolute Gasteiger partial charge is 0.479 e. The average Bonchev–Trinajstić information content (AvgIpc) is 2.77. The monoisotopic (exact) mass is 269 g/mol. The Morgan fingerprint density at radius 1 is 1.67 bits per heavy atom. The molecule has 0 fully saturated rings. The van der Waals surface area contributed by atoms with Crippen LogP contribution in [0.1, 0.15) is 11.8 Å². The normalized spacial score (nSPS) is 11.7. The average molecular weight is 269 g/mol. The number of carbonyl (C=O) groups excluding carboxylic acids is 1. The Bertz CT molecular complexity index is 430. The van der Waals surface area contributed by atoms with Gasteiger partial charge >= 0.3 is 12.0 Å². The predicted molar refractivity (Wildman–Crippen MR) is 68.4 cm³/mol. The number of urea groups is 1. The first-order valence-electron chi connectivity index (χ1n) is 5.19. The summed E-state index contributed by atoms with van der Waals surface area (Å²) in [7, 11) is 1.59. The number of carbonyl (C=O) groups is 2. The number of rotatable bonds is 5. The van der Waals surface area contributed by atoms with Gasteiger partial charge in [0.2, 0.25) is 0 Å². The van der Waals surface area contributed by atoms with Crippen molar-refractivity contribution in [2.75, 3.05) is 7.05 Å². The molecule has 1 rings (SSSR count). The van der Waals surface area contributed by atoms with Crippen LogP contribution >= 0.6 is 11.3 Å². The number of hydrogen-bond donors (Lipinski definition) is 2. The van der Waals surface area contributed by atoms with E-state index in [0.717, 1.165) is 4.88 Å². The second-order valence-electron chi connectivity index (χ2n) is 3.89. The van der Waals surface area contributed by atoms with Gasteiger partial charge in [0.05, 0.1) is 12.1 Å². The van der Waals surface area contributed by atoms with Crippen LogP contribution in [0.15, 0.2) is 23.9 Å². The van der Waals surface area contributed by atoms with Crippen LogP contribution in [-0.2, 0) is 11.3 Å². The number of aromatic nitrogens is 1. The van der Waals surface area contributed by atoms with Crippen molar-refractivity contribution in [2.45, 2.75) is 19.5 Å². The lowest BCUT2D eigenvalue weighted by Crippen LogP contribution is -2.46. The van der Waals surface area contributed by atoms with E-state index >= 15 is 0 Å². The Morgan fingerprint density at radius 3 is 2.78 bits per heavy atom. The van der Waals surface area contributed by atoms with Crippen molar-refractivity contribution in [2.24, 2.45) is 0 Å². The molecule has 0 radical (unpaired) electrons. The van der Waals surface area contributed by atoms with E-state index in [2.05, 4.69) is 16.9 Å². The van der Waals surface area contributed by atoms with Crippen LogP contribution in [0.5, 0.6) is 0 Å². The van der Waals surface area contributed by atoms with E-state index in [1.807, 2.05) is 0 Å². The topological polar surface area (TPSA) is 82.5 Å². The molecule has 2 N–H and O–H groups in total. The lowest BCUT2D eigenvalue weighted by Gasteiger charge is -2.20. The highest BCUT2D eigenvalue weighted by Crippen LogP contribution is 2.08. The number of amides is 2. The summed E-state index contributed by atoms with van der Waals surface area (Å²) in [5.41, 5.74) is 2.05. The maximum absolute atomic E-state index is 11.8. The molecule has 1 heterocycles. The second-order valence-corrected chi connectivity index (χ2v) is 4.86. The number of aliphatic carboxylic acids is 1. The molecule has 2 amide bonds. The number of thiazole rings is 1. The van der Waals surface area contributed by atoms with Crippen LogP contribution < -0.4 is 5.32 Å². The SMILES string of the molecule is C=C(C)[C@H](NC(=O)N(C)Cc1cncs1)C(=O)O. The summed E-state index contributed by atoms with van der Waals surface area (Å²) in [6.45, 7) is 5.49. The molecule has 1 atom stereocenters. The van der Waals surface area contributed by atoms with Gasteiger partial charge in [-0.05, 0) is 12.5 Å². The number of nitrogens with zero attached hydrogens (tertiary/aromatic N) is 2. The van der Waals surface area contributed by atoms with Crippen molar-refractivity contribution in [1.82, 2.24) is 15.2 Å². The van der Waals surface area contributed by atoms with Gasteiger partial charge in [0.25, 0.3) is 0 Å². The van der Waals surface area contributed by atoms with Crippen LogP contribution in [0.3, 0.4) is 0 Å². The van der Waals surface area contributed by atoms with Gasteiger partial charge in [-0.25, -0.2) is 9.59 Å². The van der Waals surface area contributed by atoms with Crippen molar-refractivity contribution >= 4 is 23.3 Å². The number of carboxylic acids is 1. The molecular formula is C11H15N3O3S. The van der Waals surface area contributed by atoms with Crippen LogP contribution in [0.25, 0.3) is 0 Å². The fourth-order valence-electron chi connectivity index (χ4n) is 1.26. The molecule has 18 heavy (non-hydrogen) atoms. The zero-order valence-corrected chi connectivity index (χ0v) is 11.0. The number of hydrogen-bond acceptors (Lipinski definition) is 4. The standard InChI is InChI=1S/C11H15N3O3S/c1-7(2)9(10(15)16)13-11(17)14(3)5-8-4-12-6-18-8/h4,6,9H,1,5H2,2-3H3,(H,13,17)(H,15,16)/t9-/m0/s1. The predicted octanol–water partition coefficient (Wildman–Crippen LogP) is 1.31. The summed E-state index contributed by atoms with van der Waals surface area (Å²) in [6.07, 6.45) is 1.67. The smallest absolute Gasteiger partial charge is 0.330 e. The summed E-state index contributed by atoms with van der Waals surface area (Å²) in [5.74, 6) is -1.12. The van der Waals surface area contributed by atoms with Crippen LogP contribution in [-0.4, -0.2) is 40.1 Å². The van der Waals surface area contributed by atoms with Crippen LogP contribution in [0, 0.1) is 0 Å². The third-order valence-corrected chi connectivity index (χ3v) is 3.00. The first kappa shape index (κ1) is 14.2. The Hall–Kier alpha value is -1.89. The van der Waals surface area contributed by atoms with Crippen LogP contribution in [0.4, 0.5) is 4.79 Å². The molecule has 1 aromatic rings. The minimum Gasteiger partial charge on any atom is -0.479 e. The molecule has 0 unspecified atom stereocenters. The van der Waals surface area contributed by atoms with Gasteiger partial charge in [-0.3, -0.25) is 4.98 Å². The molecule has 0 aliphatic carbocycles. The molecule has 6 nitrogen and oxygen atoms in total. The Kier molecular flexibility index (Phi) is 4.85. The van der Waals surface area contributed by atoms with E-state index in [4.69, 9.17) is 5.11 Å². The highest BCUT2D eigenvalue weighted by molar-refractivity contribution is 7.09. The zero-order valence-electron chi connectivity index (χ0n) is 10.2. The molecule has 0 saturated heterocycles. The van der Waals surface area contributed by atoms with Crippen molar-refractivity contribution in [1.29, 1.82) is 0 Å². The molecule has 0 spiro atoms. The summed E-state index contributed by atoms with van der Waals surface area (Å²) in [6, 6.07) is -1.53. The van der Waals surface area contributed by atoms with E-state index in [0.29, 0.717) is 12.1 Å². The van der Waals surface area contributed by atoms with Crippen molar-refractivity contribution in [3.63, 3.8) is 0 Å². The second kappa shape index (κ2) is 6.15. The molecule has 0 aliphatic heterocycles. The quantitative estimate of drug-likeness (QED) is 0.790. The maximum atomic E-state index is 11.8. The molecule has 0 bridgehead atoms. The fourth-order valence-corrected chi connectivity index (χ4v) is 1.90. The Morgan fingerprint density at radius 2 is 2.33 bits per heavy atom. The molecule has 0 saturated carbocycles. The first-order chi connectivity index (χ1) is 8.41. The van der Waals surface area contributed by atoms with Gasteiger partial charge < -0.3 is 15.3 Å².